The molecular weight excluding hydrogens is 256 g/mol. The minimum Gasteiger partial charge on any atom is -0.346 e. The van der Waals surface area contributed by atoms with Crippen LogP contribution in [0.5, 0.6) is 0 Å². The zero-order chi connectivity index (χ0) is 14.0. The number of hydrogen-bond donors (Lipinski definition) is 2. The van der Waals surface area contributed by atoms with E-state index in [1.165, 1.54) is 0 Å². The molecule has 2 fully saturated rings. The van der Waals surface area contributed by atoms with Crippen LogP contribution in [0.1, 0.15) is 31.6 Å². The number of carbonyl (C=O) groups is 1. The molecule has 5 heteroatoms. The second kappa shape index (κ2) is 5.52. The van der Waals surface area contributed by atoms with E-state index < -0.39 is 5.54 Å². The Hall–Kier alpha value is -1.43. The van der Waals surface area contributed by atoms with E-state index in [1.807, 2.05) is 31.2 Å². The summed E-state index contributed by atoms with van der Waals surface area (Å²) in [7, 11) is 0. The predicted molar refractivity (Wildman–Crippen MR) is 75.4 cm³/mol. The molecule has 0 spiro atoms. The van der Waals surface area contributed by atoms with Crippen LogP contribution in [0.25, 0.3) is 0 Å². The Balaban J connectivity index is 1.71. The fraction of sp³-hybridized carbons (Fsp3) is 0.533. The van der Waals surface area contributed by atoms with Crippen molar-refractivity contribution in [2.75, 3.05) is 25.1 Å². The van der Waals surface area contributed by atoms with E-state index >= 15 is 0 Å². The zero-order valence-corrected chi connectivity index (χ0v) is 11.6. The second-order valence-electron chi connectivity index (χ2n) is 5.52. The van der Waals surface area contributed by atoms with E-state index in [2.05, 4.69) is 10.6 Å². The van der Waals surface area contributed by atoms with Crippen molar-refractivity contribution in [1.82, 2.24) is 5.32 Å². The summed E-state index contributed by atoms with van der Waals surface area (Å²) >= 11 is 0. The van der Waals surface area contributed by atoms with Gasteiger partial charge < -0.3 is 20.1 Å². The van der Waals surface area contributed by atoms with Crippen molar-refractivity contribution in [3.05, 3.63) is 29.8 Å². The Morgan fingerprint density at radius 3 is 2.90 bits per heavy atom. The topological polar surface area (TPSA) is 59.6 Å². The summed E-state index contributed by atoms with van der Waals surface area (Å²) in [5.41, 5.74) is 1.25. The van der Waals surface area contributed by atoms with Crippen molar-refractivity contribution in [1.29, 1.82) is 0 Å². The number of carbonyl (C=O) groups excluding carboxylic acids is 1. The lowest BCUT2D eigenvalue weighted by atomic mass is 9.99. The summed E-state index contributed by atoms with van der Waals surface area (Å²) in [6.07, 6.45) is 1.59. The summed E-state index contributed by atoms with van der Waals surface area (Å²) in [5.74, 6) is 0.0143. The zero-order valence-electron chi connectivity index (χ0n) is 11.6. The molecule has 3 rings (SSSR count). The standard InChI is InChI=1S/C15H20N2O3/c1-15(6-3-7-16-15)14(18)17-12-5-2-4-11(10-12)13-19-8-9-20-13/h2,4-5,10,13,16H,3,6-9H2,1H3,(H,17,18). The van der Waals surface area contributed by atoms with Crippen molar-refractivity contribution in [3.8, 4) is 0 Å². The van der Waals surface area contributed by atoms with E-state index in [1.54, 1.807) is 0 Å². The highest BCUT2D eigenvalue weighted by atomic mass is 16.7. The average molecular weight is 276 g/mol. The number of hydrogen-bond acceptors (Lipinski definition) is 4. The van der Waals surface area contributed by atoms with Gasteiger partial charge in [0.25, 0.3) is 0 Å². The molecule has 20 heavy (non-hydrogen) atoms. The van der Waals surface area contributed by atoms with Gasteiger partial charge in [-0.05, 0) is 38.4 Å². The molecule has 108 valence electrons. The fourth-order valence-electron chi connectivity index (χ4n) is 2.67. The highest BCUT2D eigenvalue weighted by Crippen LogP contribution is 2.26. The van der Waals surface area contributed by atoms with Gasteiger partial charge in [-0.3, -0.25) is 4.79 Å². The number of anilines is 1. The molecule has 0 saturated carbocycles. The molecule has 2 heterocycles. The van der Waals surface area contributed by atoms with E-state index in [4.69, 9.17) is 9.47 Å². The van der Waals surface area contributed by atoms with Crippen molar-refractivity contribution >= 4 is 11.6 Å². The molecule has 2 aliphatic rings. The van der Waals surface area contributed by atoms with Gasteiger partial charge in [-0.1, -0.05) is 12.1 Å². The van der Waals surface area contributed by atoms with Gasteiger partial charge in [0.2, 0.25) is 5.91 Å². The predicted octanol–water partition coefficient (Wildman–Crippen LogP) is 1.81. The molecule has 5 nitrogen and oxygen atoms in total. The summed E-state index contributed by atoms with van der Waals surface area (Å²) in [6.45, 7) is 4.07. The number of nitrogens with one attached hydrogen (secondary N) is 2. The molecule has 1 amide bonds. The molecule has 1 aromatic rings. The van der Waals surface area contributed by atoms with Gasteiger partial charge in [0, 0.05) is 11.3 Å². The smallest absolute Gasteiger partial charge is 0.244 e. The normalized spacial score (nSPS) is 26.9. The maximum atomic E-state index is 12.3. The summed E-state index contributed by atoms with van der Waals surface area (Å²) in [4.78, 5) is 12.3. The third-order valence-corrected chi connectivity index (χ3v) is 3.91. The van der Waals surface area contributed by atoms with Crippen LogP contribution in [0.4, 0.5) is 5.69 Å². The molecular formula is C15H20N2O3. The lowest BCUT2D eigenvalue weighted by Gasteiger charge is -2.23. The van der Waals surface area contributed by atoms with Gasteiger partial charge in [-0.25, -0.2) is 0 Å². The van der Waals surface area contributed by atoms with Gasteiger partial charge >= 0.3 is 0 Å². The third-order valence-electron chi connectivity index (χ3n) is 3.91. The maximum Gasteiger partial charge on any atom is 0.244 e. The van der Waals surface area contributed by atoms with Crippen molar-refractivity contribution in [3.63, 3.8) is 0 Å². The van der Waals surface area contributed by atoms with Crippen LogP contribution in [0, 0.1) is 0 Å². The molecule has 2 N–H and O–H groups in total. The van der Waals surface area contributed by atoms with Crippen molar-refractivity contribution in [2.45, 2.75) is 31.6 Å². The Morgan fingerprint density at radius 1 is 1.40 bits per heavy atom. The number of rotatable bonds is 3. The van der Waals surface area contributed by atoms with Crippen LogP contribution in [0.15, 0.2) is 24.3 Å². The first-order chi connectivity index (χ1) is 9.67. The largest absolute Gasteiger partial charge is 0.346 e. The third kappa shape index (κ3) is 2.70. The minimum absolute atomic E-state index is 0.0143. The van der Waals surface area contributed by atoms with E-state index in [9.17, 15) is 4.79 Å². The second-order valence-corrected chi connectivity index (χ2v) is 5.52. The van der Waals surface area contributed by atoms with E-state index in [-0.39, 0.29) is 12.2 Å². The quantitative estimate of drug-likeness (QED) is 0.884. The van der Waals surface area contributed by atoms with Crippen LogP contribution in [0.3, 0.4) is 0 Å². The number of benzene rings is 1. The summed E-state index contributed by atoms with van der Waals surface area (Å²) in [6, 6.07) is 7.64. The Bertz CT molecular complexity index is 492. The highest BCUT2D eigenvalue weighted by molar-refractivity contribution is 5.98. The van der Waals surface area contributed by atoms with Crippen LogP contribution in [-0.4, -0.2) is 31.2 Å². The molecule has 1 aromatic carbocycles. The molecule has 1 atom stereocenters. The van der Waals surface area contributed by atoms with E-state index in [0.29, 0.717) is 13.2 Å². The fourth-order valence-corrected chi connectivity index (χ4v) is 2.67. The van der Waals surface area contributed by atoms with Gasteiger partial charge in [-0.15, -0.1) is 0 Å². The first-order valence-electron chi connectivity index (χ1n) is 7.07. The van der Waals surface area contributed by atoms with Crippen LogP contribution in [-0.2, 0) is 14.3 Å². The molecule has 0 bridgehead atoms. The molecule has 0 radical (unpaired) electrons. The van der Waals surface area contributed by atoms with Gasteiger partial charge in [0.1, 0.15) is 0 Å². The first-order valence-corrected chi connectivity index (χ1v) is 7.07. The number of amides is 1. The SMILES string of the molecule is CC1(C(=O)Nc2cccc(C3OCCO3)c2)CCCN1. The summed E-state index contributed by atoms with van der Waals surface area (Å²) < 4.78 is 10.9. The highest BCUT2D eigenvalue weighted by Gasteiger charge is 2.35. The molecule has 0 aromatic heterocycles. The average Bonchev–Trinajstić information content (AvgIpc) is 3.11. The molecule has 2 aliphatic heterocycles. The van der Waals surface area contributed by atoms with Gasteiger partial charge in [0.15, 0.2) is 6.29 Å². The van der Waals surface area contributed by atoms with Crippen LogP contribution < -0.4 is 10.6 Å². The number of ether oxygens (including phenoxy) is 2. The molecule has 1 unspecified atom stereocenters. The Morgan fingerprint density at radius 2 is 2.20 bits per heavy atom. The molecule has 0 aliphatic carbocycles. The lowest BCUT2D eigenvalue weighted by molar-refractivity contribution is -0.121. The van der Waals surface area contributed by atoms with Crippen molar-refractivity contribution in [2.24, 2.45) is 0 Å². The van der Waals surface area contributed by atoms with E-state index in [0.717, 1.165) is 30.6 Å². The van der Waals surface area contributed by atoms with Crippen molar-refractivity contribution < 1.29 is 14.3 Å². The Labute approximate surface area is 118 Å². The maximum absolute atomic E-state index is 12.3. The summed E-state index contributed by atoms with van der Waals surface area (Å²) in [5, 5.41) is 6.24. The lowest BCUT2D eigenvalue weighted by Crippen LogP contribution is -2.47. The van der Waals surface area contributed by atoms with Gasteiger partial charge in [0.05, 0.1) is 18.8 Å². The monoisotopic (exact) mass is 276 g/mol. The molecule has 2 saturated heterocycles. The minimum atomic E-state index is -0.462. The Kier molecular flexibility index (Phi) is 3.74. The van der Waals surface area contributed by atoms with Gasteiger partial charge in [-0.2, -0.15) is 0 Å². The first kappa shape index (κ1) is 13.5. The van der Waals surface area contributed by atoms with Crippen LogP contribution >= 0.6 is 0 Å². The van der Waals surface area contributed by atoms with Crippen LogP contribution in [0.2, 0.25) is 0 Å².